The Kier molecular flexibility index (Phi) is 5.90. The van der Waals surface area contributed by atoms with E-state index in [0.717, 1.165) is 6.42 Å². The molecule has 2 unspecified atom stereocenters. The second-order valence-corrected chi connectivity index (χ2v) is 7.40. The molecule has 2 aromatic rings. The molecule has 0 amide bonds. The van der Waals surface area contributed by atoms with Crippen LogP contribution in [0.5, 0.6) is 11.5 Å². The SMILES string of the molecule is COc1ccc(OC)c(Nc2nc(N)c([N+](=O)[O-])c(N3CC(C)CC(C)C3)n2)c1. The van der Waals surface area contributed by atoms with Gasteiger partial charge < -0.3 is 25.4 Å². The Morgan fingerprint density at radius 1 is 1.21 bits per heavy atom. The number of hydrogen-bond donors (Lipinski definition) is 2. The molecule has 1 aliphatic rings. The molecule has 1 aliphatic heterocycles. The average molecular weight is 402 g/mol. The normalized spacial score (nSPS) is 19.0. The molecule has 0 aliphatic carbocycles. The van der Waals surface area contributed by atoms with E-state index in [0.29, 0.717) is 42.1 Å². The molecule has 3 rings (SSSR count). The number of aromatic nitrogens is 2. The minimum atomic E-state index is -0.523. The molecule has 29 heavy (non-hydrogen) atoms. The smallest absolute Gasteiger partial charge is 0.353 e. The van der Waals surface area contributed by atoms with Crippen molar-refractivity contribution in [3.05, 3.63) is 28.3 Å². The van der Waals surface area contributed by atoms with E-state index in [-0.39, 0.29) is 23.3 Å². The van der Waals surface area contributed by atoms with Crippen LogP contribution in [0.3, 0.4) is 0 Å². The number of nitrogens with zero attached hydrogens (tertiary/aromatic N) is 4. The van der Waals surface area contributed by atoms with Crippen LogP contribution in [-0.4, -0.2) is 42.2 Å². The molecule has 1 fully saturated rings. The number of methoxy groups -OCH3 is 2. The van der Waals surface area contributed by atoms with Crippen molar-refractivity contribution < 1.29 is 14.4 Å². The molecule has 0 saturated carbocycles. The van der Waals surface area contributed by atoms with Gasteiger partial charge in [-0.15, -0.1) is 0 Å². The van der Waals surface area contributed by atoms with Crippen LogP contribution in [0, 0.1) is 22.0 Å². The third kappa shape index (κ3) is 4.41. The first-order chi connectivity index (χ1) is 13.8. The molecule has 0 bridgehead atoms. The van der Waals surface area contributed by atoms with E-state index in [9.17, 15) is 10.1 Å². The second-order valence-electron chi connectivity index (χ2n) is 7.40. The van der Waals surface area contributed by atoms with Gasteiger partial charge in [0, 0.05) is 19.2 Å². The molecule has 10 nitrogen and oxygen atoms in total. The number of nitrogens with one attached hydrogen (secondary N) is 1. The number of nitro groups is 1. The van der Waals surface area contributed by atoms with Crippen LogP contribution in [0.4, 0.5) is 29.0 Å². The van der Waals surface area contributed by atoms with Gasteiger partial charge in [0.25, 0.3) is 0 Å². The van der Waals surface area contributed by atoms with Crippen molar-refractivity contribution in [2.75, 3.05) is 43.3 Å². The number of rotatable bonds is 6. The van der Waals surface area contributed by atoms with E-state index in [1.54, 1.807) is 32.4 Å². The second kappa shape index (κ2) is 8.38. The Hall–Kier alpha value is -3.30. The van der Waals surface area contributed by atoms with Gasteiger partial charge in [-0.3, -0.25) is 10.1 Å². The van der Waals surface area contributed by atoms with Crippen molar-refractivity contribution in [1.29, 1.82) is 0 Å². The molecular formula is C19H26N6O4. The van der Waals surface area contributed by atoms with Gasteiger partial charge in [-0.1, -0.05) is 13.8 Å². The van der Waals surface area contributed by atoms with Gasteiger partial charge in [0.2, 0.25) is 17.6 Å². The van der Waals surface area contributed by atoms with Gasteiger partial charge in [0.1, 0.15) is 11.5 Å². The minimum absolute atomic E-state index is 0.153. The predicted molar refractivity (Wildman–Crippen MR) is 111 cm³/mol. The van der Waals surface area contributed by atoms with Crippen molar-refractivity contribution >= 4 is 29.0 Å². The zero-order valence-electron chi connectivity index (χ0n) is 17.0. The highest BCUT2D eigenvalue weighted by molar-refractivity contribution is 5.73. The van der Waals surface area contributed by atoms with Gasteiger partial charge in [0.05, 0.1) is 24.8 Å². The number of nitrogen functional groups attached to an aromatic ring is 1. The lowest BCUT2D eigenvalue weighted by atomic mass is 9.92. The van der Waals surface area contributed by atoms with E-state index in [1.807, 2.05) is 4.90 Å². The fourth-order valence-corrected chi connectivity index (χ4v) is 3.78. The fraction of sp³-hybridized carbons (Fsp3) is 0.474. The standard InChI is InChI=1S/C19H26N6O4/c1-11-7-12(2)10-24(9-11)18-16(25(26)27)17(20)22-19(23-18)21-14-8-13(28-3)5-6-15(14)29-4/h5-6,8,11-12H,7,9-10H2,1-4H3,(H3,20,21,22,23). The molecule has 10 heteroatoms. The van der Waals surface area contributed by atoms with Crippen LogP contribution >= 0.6 is 0 Å². The number of ether oxygens (including phenoxy) is 2. The van der Waals surface area contributed by atoms with E-state index < -0.39 is 4.92 Å². The number of piperidine rings is 1. The molecule has 1 aromatic heterocycles. The molecule has 0 spiro atoms. The zero-order chi connectivity index (χ0) is 21.1. The lowest BCUT2D eigenvalue weighted by molar-refractivity contribution is -0.383. The van der Waals surface area contributed by atoms with Crippen LogP contribution in [0.2, 0.25) is 0 Å². The Morgan fingerprint density at radius 2 is 1.90 bits per heavy atom. The maximum atomic E-state index is 11.7. The molecule has 0 radical (unpaired) electrons. The highest BCUT2D eigenvalue weighted by Crippen LogP contribution is 2.37. The summed E-state index contributed by atoms with van der Waals surface area (Å²) in [5.41, 5.74) is 6.26. The summed E-state index contributed by atoms with van der Waals surface area (Å²) >= 11 is 0. The molecule has 2 atom stereocenters. The quantitative estimate of drug-likeness (QED) is 0.552. The monoisotopic (exact) mass is 402 g/mol. The molecule has 156 valence electrons. The van der Waals surface area contributed by atoms with Gasteiger partial charge in [-0.2, -0.15) is 9.97 Å². The Labute approximate surface area is 169 Å². The van der Waals surface area contributed by atoms with Crippen LogP contribution in [0.15, 0.2) is 18.2 Å². The van der Waals surface area contributed by atoms with Crippen LogP contribution in [-0.2, 0) is 0 Å². The largest absolute Gasteiger partial charge is 0.497 e. The maximum absolute atomic E-state index is 11.7. The summed E-state index contributed by atoms with van der Waals surface area (Å²) in [6.45, 7) is 5.59. The topological polar surface area (TPSA) is 129 Å². The van der Waals surface area contributed by atoms with E-state index in [4.69, 9.17) is 15.2 Å². The Bertz CT molecular complexity index is 897. The summed E-state index contributed by atoms with van der Waals surface area (Å²) in [6, 6.07) is 5.23. The van der Waals surface area contributed by atoms with Gasteiger partial charge in [-0.05, 0) is 30.4 Å². The molecule has 2 heterocycles. The van der Waals surface area contributed by atoms with Gasteiger partial charge in [0.15, 0.2) is 0 Å². The first-order valence-electron chi connectivity index (χ1n) is 9.38. The minimum Gasteiger partial charge on any atom is -0.497 e. The molecule has 1 saturated heterocycles. The number of anilines is 4. The molecule has 3 N–H and O–H groups in total. The summed E-state index contributed by atoms with van der Waals surface area (Å²) < 4.78 is 10.6. The maximum Gasteiger partial charge on any atom is 0.353 e. The highest BCUT2D eigenvalue weighted by atomic mass is 16.6. The van der Waals surface area contributed by atoms with Crippen LogP contribution < -0.4 is 25.4 Å². The van der Waals surface area contributed by atoms with Crippen LogP contribution in [0.25, 0.3) is 0 Å². The lowest BCUT2D eigenvalue weighted by Gasteiger charge is -2.35. The van der Waals surface area contributed by atoms with Crippen molar-refractivity contribution in [3.63, 3.8) is 0 Å². The zero-order valence-corrected chi connectivity index (χ0v) is 17.0. The summed E-state index contributed by atoms with van der Waals surface area (Å²) in [7, 11) is 3.10. The van der Waals surface area contributed by atoms with Crippen LogP contribution in [0.1, 0.15) is 20.3 Å². The Balaban J connectivity index is 2.03. The average Bonchev–Trinajstić information content (AvgIpc) is 2.66. The Morgan fingerprint density at radius 3 is 2.48 bits per heavy atom. The predicted octanol–water partition coefficient (Wildman–Crippen LogP) is 3.21. The summed E-state index contributed by atoms with van der Waals surface area (Å²) in [5.74, 6) is 2.14. The van der Waals surface area contributed by atoms with Crippen molar-refractivity contribution in [3.8, 4) is 11.5 Å². The highest BCUT2D eigenvalue weighted by Gasteiger charge is 2.31. The summed E-state index contributed by atoms with van der Waals surface area (Å²) in [6.07, 6.45) is 1.07. The first kappa shape index (κ1) is 20.4. The lowest BCUT2D eigenvalue weighted by Crippen LogP contribution is -2.39. The number of benzene rings is 1. The van der Waals surface area contributed by atoms with Crippen molar-refractivity contribution in [1.82, 2.24) is 9.97 Å². The van der Waals surface area contributed by atoms with Gasteiger partial charge in [-0.25, -0.2) is 0 Å². The molecule has 1 aromatic carbocycles. The fourth-order valence-electron chi connectivity index (χ4n) is 3.78. The van der Waals surface area contributed by atoms with E-state index in [1.165, 1.54) is 0 Å². The number of hydrogen-bond acceptors (Lipinski definition) is 9. The van der Waals surface area contributed by atoms with E-state index in [2.05, 4.69) is 29.1 Å². The third-order valence-corrected chi connectivity index (χ3v) is 4.90. The van der Waals surface area contributed by atoms with E-state index >= 15 is 0 Å². The van der Waals surface area contributed by atoms with Gasteiger partial charge >= 0.3 is 5.69 Å². The van der Waals surface area contributed by atoms with Crippen molar-refractivity contribution in [2.24, 2.45) is 11.8 Å². The summed E-state index contributed by atoms with van der Waals surface area (Å²) in [4.78, 5) is 21.6. The molecular weight excluding hydrogens is 376 g/mol. The third-order valence-electron chi connectivity index (χ3n) is 4.90. The summed E-state index contributed by atoms with van der Waals surface area (Å²) in [5, 5.41) is 14.7. The first-order valence-corrected chi connectivity index (χ1v) is 9.38. The number of nitrogens with two attached hydrogens (primary N) is 1. The van der Waals surface area contributed by atoms with Crippen molar-refractivity contribution in [2.45, 2.75) is 20.3 Å².